The largest absolute Gasteiger partial charge is 0.438 e. The van der Waals surface area contributed by atoms with Crippen molar-refractivity contribution in [3.05, 3.63) is 71.8 Å². The molecule has 1 heterocycles. The van der Waals surface area contributed by atoms with Gasteiger partial charge < -0.3 is 0 Å². The number of nitrogens with zero attached hydrogens (tertiary/aromatic N) is 2. The van der Waals surface area contributed by atoms with Crippen molar-refractivity contribution in [2.45, 2.75) is 30.9 Å². The number of imide groups is 1. The SMILES string of the molecule is CC1(C)C(=O)N(CC(=O)CSCc2ccccc2)C(=O)[N+]1(C)SCc1ccccc1. The molecule has 1 fully saturated rings. The fourth-order valence-electron chi connectivity index (χ4n) is 3.28. The number of Topliss-reactive ketones (excluding diaryl/α,β-unsaturated/α-hetero) is 1. The van der Waals surface area contributed by atoms with E-state index in [9.17, 15) is 14.4 Å². The quantitative estimate of drug-likeness (QED) is 0.324. The lowest BCUT2D eigenvalue weighted by molar-refractivity contribution is -0.726. The molecule has 5 nitrogen and oxygen atoms in total. The van der Waals surface area contributed by atoms with Crippen molar-refractivity contribution in [1.29, 1.82) is 0 Å². The van der Waals surface area contributed by atoms with Crippen LogP contribution in [-0.4, -0.2) is 51.4 Å². The van der Waals surface area contributed by atoms with Gasteiger partial charge in [-0.3, -0.25) is 9.59 Å². The summed E-state index contributed by atoms with van der Waals surface area (Å²) in [4.78, 5) is 39.9. The number of benzene rings is 2. The van der Waals surface area contributed by atoms with Crippen molar-refractivity contribution in [3.8, 4) is 0 Å². The van der Waals surface area contributed by atoms with Crippen LogP contribution in [-0.2, 0) is 21.1 Å². The summed E-state index contributed by atoms with van der Waals surface area (Å²) in [5, 5.41) is 0. The van der Waals surface area contributed by atoms with Crippen LogP contribution in [0.1, 0.15) is 25.0 Å². The van der Waals surface area contributed by atoms with Gasteiger partial charge in [-0.2, -0.15) is 3.89 Å². The Morgan fingerprint density at radius 3 is 2.03 bits per heavy atom. The molecule has 2 aromatic carbocycles. The monoisotopic (exact) mass is 443 g/mol. The highest BCUT2D eigenvalue weighted by molar-refractivity contribution is 7.99. The van der Waals surface area contributed by atoms with E-state index < -0.39 is 5.54 Å². The molecule has 1 aliphatic rings. The van der Waals surface area contributed by atoms with Gasteiger partial charge in [-0.05, 0) is 11.1 Å². The molecule has 3 rings (SSSR count). The first kappa shape index (κ1) is 22.6. The molecule has 0 bridgehead atoms. The first-order valence-corrected chi connectivity index (χ1v) is 11.9. The van der Waals surface area contributed by atoms with Crippen molar-refractivity contribution in [1.82, 2.24) is 4.90 Å². The van der Waals surface area contributed by atoms with Gasteiger partial charge in [0, 0.05) is 19.6 Å². The fraction of sp³-hybridized carbons (Fsp3) is 0.348. The molecule has 0 aliphatic carbocycles. The average molecular weight is 444 g/mol. The van der Waals surface area contributed by atoms with Crippen molar-refractivity contribution in [2.75, 3.05) is 19.3 Å². The highest BCUT2D eigenvalue weighted by Crippen LogP contribution is 2.42. The Balaban J connectivity index is 1.61. The lowest BCUT2D eigenvalue weighted by Gasteiger charge is -2.33. The van der Waals surface area contributed by atoms with E-state index in [-0.39, 0.29) is 33.9 Å². The molecule has 1 atom stereocenters. The number of rotatable bonds is 9. The standard InChI is InChI=1S/C23H27N2O3S2/c1-23(2)21(27)24(14-20(26)17-29-15-18-10-6-4-7-11-18)22(28)25(23,3)30-16-19-12-8-5-9-13-19/h4-13H,14-17H2,1-3H3/q+1. The highest BCUT2D eigenvalue weighted by Gasteiger charge is 2.65. The summed E-state index contributed by atoms with van der Waals surface area (Å²) in [6, 6.07) is 19.4. The normalized spacial score (nSPS) is 20.6. The zero-order chi connectivity index (χ0) is 21.8. The number of ketones is 1. The first-order chi connectivity index (χ1) is 14.3. The van der Waals surface area contributed by atoms with Crippen LogP contribution in [0.4, 0.5) is 4.79 Å². The number of likely N-dealkylation sites (N-methyl/N-ethyl adjacent to an activating group) is 1. The van der Waals surface area contributed by atoms with E-state index in [4.69, 9.17) is 0 Å². The molecule has 7 heteroatoms. The smallest absolute Gasteiger partial charge is 0.297 e. The molecular weight excluding hydrogens is 416 g/mol. The Labute approximate surface area is 186 Å². The van der Waals surface area contributed by atoms with Crippen LogP contribution < -0.4 is 0 Å². The number of hydrogen-bond acceptors (Lipinski definition) is 5. The van der Waals surface area contributed by atoms with Gasteiger partial charge in [-0.1, -0.05) is 60.7 Å². The van der Waals surface area contributed by atoms with Gasteiger partial charge in [-0.15, -0.1) is 11.8 Å². The lowest BCUT2D eigenvalue weighted by atomic mass is 10.1. The van der Waals surface area contributed by atoms with Crippen molar-refractivity contribution in [2.24, 2.45) is 0 Å². The molecule has 1 saturated heterocycles. The number of carbonyl (C=O) groups is 3. The van der Waals surface area contributed by atoms with Gasteiger partial charge >= 0.3 is 6.03 Å². The Morgan fingerprint density at radius 1 is 0.933 bits per heavy atom. The van der Waals surface area contributed by atoms with Crippen LogP contribution in [0, 0.1) is 0 Å². The van der Waals surface area contributed by atoms with Crippen LogP contribution in [0.5, 0.6) is 0 Å². The lowest BCUT2D eigenvalue weighted by Crippen LogP contribution is -2.53. The minimum Gasteiger partial charge on any atom is -0.297 e. The molecule has 0 N–H and O–H groups in total. The maximum Gasteiger partial charge on any atom is 0.438 e. The van der Waals surface area contributed by atoms with E-state index in [0.717, 1.165) is 21.8 Å². The minimum absolute atomic E-state index is 0.106. The summed E-state index contributed by atoms with van der Waals surface area (Å²) < 4.78 is -0.106. The van der Waals surface area contributed by atoms with Crippen molar-refractivity contribution in [3.63, 3.8) is 0 Å². The van der Waals surface area contributed by atoms with E-state index in [0.29, 0.717) is 5.75 Å². The van der Waals surface area contributed by atoms with Gasteiger partial charge in [-0.25, -0.2) is 9.69 Å². The zero-order valence-electron chi connectivity index (χ0n) is 17.5. The molecule has 0 spiro atoms. The van der Waals surface area contributed by atoms with Crippen LogP contribution in [0.3, 0.4) is 0 Å². The fourth-order valence-corrected chi connectivity index (χ4v) is 5.34. The predicted molar refractivity (Wildman–Crippen MR) is 123 cm³/mol. The maximum absolute atomic E-state index is 13.2. The third-order valence-electron chi connectivity index (χ3n) is 5.47. The van der Waals surface area contributed by atoms with Gasteiger partial charge in [0.2, 0.25) is 0 Å². The Bertz CT molecular complexity index is 919. The molecule has 30 heavy (non-hydrogen) atoms. The zero-order valence-corrected chi connectivity index (χ0v) is 19.2. The molecule has 1 unspecified atom stereocenters. The number of carbonyl (C=O) groups excluding carboxylic acids is 3. The third kappa shape index (κ3) is 4.63. The summed E-state index contributed by atoms with van der Waals surface area (Å²) in [5.41, 5.74) is 1.30. The second-order valence-corrected chi connectivity index (χ2v) is 10.2. The number of amides is 3. The number of thioether (sulfide) groups is 1. The van der Waals surface area contributed by atoms with Gasteiger partial charge in [0.25, 0.3) is 5.91 Å². The molecule has 0 saturated carbocycles. The summed E-state index contributed by atoms with van der Waals surface area (Å²) in [5.74, 6) is 1.19. The minimum atomic E-state index is -0.937. The van der Waals surface area contributed by atoms with Gasteiger partial charge in [0.1, 0.15) is 0 Å². The van der Waals surface area contributed by atoms with E-state index >= 15 is 0 Å². The van der Waals surface area contributed by atoms with E-state index in [2.05, 4.69) is 0 Å². The van der Waals surface area contributed by atoms with Crippen LogP contribution in [0.15, 0.2) is 60.7 Å². The first-order valence-electron chi connectivity index (χ1n) is 9.80. The number of hydrogen-bond donors (Lipinski definition) is 0. The number of quaternary nitrogens is 1. The van der Waals surface area contributed by atoms with Crippen LogP contribution >= 0.6 is 23.7 Å². The molecule has 1 aliphatic heterocycles. The summed E-state index contributed by atoms with van der Waals surface area (Å²) in [6.45, 7) is 3.39. The summed E-state index contributed by atoms with van der Waals surface area (Å²) in [7, 11) is 1.77. The molecule has 0 aromatic heterocycles. The summed E-state index contributed by atoms with van der Waals surface area (Å²) in [6.07, 6.45) is 0. The molecule has 158 valence electrons. The number of urea groups is 1. The molecular formula is C23H27N2O3S2+. The van der Waals surface area contributed by atoms with Crippen LogP contribution in [0.2, 0.25) is 0 Å². The van der Waals surface area contributed by atoms with Crippen molar-refractivity contribution < 1.29 is 18.3 Å². The van der Waals surface area contributed by atoms with Crippen LogP contribution in [0.25, 0.3) is 0 Å². The van der Waals surface area contributed by atoms with Gasteiger partial charge in [0.05, 0.1) is 37.0 Å². The maximum atomic E-state index is 13.2. The average Bonchev–Trinajstić information content (AvgIpc) is 2.87. The van der Waals surface area contributed by atoms with E-state index in [1.807, 2.05) is 60.7 Å². The molecule has 2 aromatic rings. The topological polar surface area (TPSA) is 54.5 Å². The second kappa shape index (κ2) is 9.37. The van der Waals surface area contributed by atoms with E-state index in [1.165, 1.54) is 23.7 Å². The second-order valence-electron chi connectivity index (χ2n) is 7.93. The molecule has 0 radical (unpaired) electrons. The highest BCUT2D eigenvalue weighted by atomic mass is 32.2. The van der Waals surface area contributed by atoms with Gasteiger partial charge in [0.15, 0.2) is 11.3 Å². The Hall–Kier alpha value is -2.09. The van der Waals surface area contributed by atoms with Crippen molar-refractivity contribution >= 4 is 41.4 Å². The summed E-state index contributed by atoms with van der Waals surface area (Å²) >= 11 is 2.91. The van der Waals surface area contributed by atoms with E-state index in [1.54, 1.807) is 20.9 Å². The third-order valence-corrected chi connectivity index (χ3v) is 8.13. The Morgan fingerprint density at radius 2 is 1.47 bits per heavy atom. The predicted octanol–water partition coefficient (Wildman–Crippen LogP) is 4.52. The molecule has 3 amide bonds. The Kier molecular flexibility index (Phi) is 7.06.